The summed E-state index contributed by atoms with van der Waals surface area (Å²) >= 11 is 0. The highest BCUT2D eigenvalue weighted by Gasteiger charge is 2.22. The molecule has 0 spiro atoms. The monoisotopic (exact) mass is 373 g/mol. The number of hydrogen-bond acceptors (Lipinski definition) is 4. The van der Waals surface area contributed by atoms with Crippen molar-refractivity contribution in [1.82, 2.24) is 9.80 Å². The molecule has 0 aromatic heterocycles. The second-order valence-electron chi connectivity index (χ2n) is 7.85. The Bertz CT molecular complexity index is 593. The van der Waals surface area contributed by atoms with E-state index in [9.17, 15) is 4.79 Å². The first-order chi connectivity index (χ1) is 13.3. The number of nitrogens with two attached hydrogens (primary N) is 1. The highest BCUT2D eigenvalue weighted by Crippen LogP contribution is 2.23. The molecule has 1 saturated heterocycles. The van der Waals surface area contributed by atoms with Gasteiger partial charge in [0, 0.05) is 25.6 Å². The third kappa shape index (κ3) is 6.22. The number of piperidine rings is 1. The van der Waals surface area contributed by atoms with Crippen LogP contribution in [0, 0.1) is 0 Å². The van der Waals surface area contributed by atoms with E-state index in [1.165, 1.54) is 37.8 Å². The quantitative estimate of drug-likeness (QED) is 0.866. The van der Waals surface area contributed by atoms with E-state index in [1.807, 2.05) is 11.0 Å². The highest BCUT2D eigenvalue weighted by molar-refractivity contribution is 5.76. The lowest BCUT2D eigenvalue weighted by molar-refractivity contribution is -0.131. The molecular formula is C22H35N3O2. The Balaban J connectivity index is 1.69. The summed E-state index contributed by atoms with van der Waals surface area (Å²) in [5.41, 5.74) is 6.94. The zero-order chi connectivity index (χ0) is 18.9. The first kappa shape index (κ1) is 20.2. The molecule has 1 aromatic rings. The fraction of sp³-hybridized carbons (Fsp3) is 0.682. The normalized spacial score (nSPS) is 22.9. The first-order valence-electron chi connectivity index (χ1n) is 10.7. The Labute approximate surface area is 163 Å². The zero-order valence-corrected chi connectivity index (χ0v) is 16.6. The van der Waals surface area contributed by atoms with Crippen molar-refractivity contribution in [2.24, 2.45) is 5.73 Å². The Morgan fingerprint density at radius 3 is 2.74 bits per heavy atom. The van der Waals surface area contributed by atoms with Gasteiger partial charge in [-0.3, -0.25) is 4.79 Å². The molecule has 0 aliphatic carbocycles. The van der Waals surface area contributed by atoms with Gasteiger partial charge in [-0.1, -0.05) is 18.6 Å². The van der Waals surface area contributed by atoms with Gasteiger partial charge in [0.15, 0.2) is 0 Å². The first-order valence-corrected chi connectivity index (χ1v) is 10.7. The molecule has 2 aliphatic heterocycles. The van der Waals surface area contributed by atoms with Gasteiger partial charge in [-0.25, -0.2) is 0 Å². The standard InChI is InChI=1S/C22H35N3O2/c23-12-11-22(26)25-15-4-3-14-24-13-2-1-7-20(24)10-9-19-6-5-8-21(18-19)27-17-16-25/h5-6,8,18,20H,1-4,7,9-17,23H2. The predicted molar refractivity (Wildman–Crippen MR) is 109 cm³/mol. The van der Waals surface area contributed by atoms with Crippen LogP contribution < -0.4 is 10.5 Å². The molecule has 3 rings (SSSR count). The number of nitrogens with zero attached hydrogens (tertiary/aromatic N) is 2. The average Bonchev–Trinajstić information content (AvgIpc) is 2.69. The Morgan fingerprint density at radius 1 is 1.07 bits per heavy atom. The lowest BCUT2D eigenvalue weighted by Gasteiger charge is -2.36. The second-order valence-corrected chi connectivity index (χ2v) is 7.85. The third-order valence-corrected chi connectivity index (χ3v) is 5.88. The number of aryl methyl sites for hydroxylation is 1. The molecule has 150 valence electrons. The number of ether oxygens (including phenoxy) is 1. The summed E-state index contributed by atoms with van der Waals surface area (Å²) in [5.74, 6) is 1.06. The van der Waals surface area contributed by atoms with Crippen molar-refractivity contribution in [3.05, 3.63) is 29.8 Å². The molecule has 0 radical (unpaired) electrons. The summed E-state index contributed by atoms with van der Waals surface area (Å²) in [6, 6.07) is 9.16. The van der Waals surface area contributed by atoms with Crippen LogP contribution >= 0.6 is 0 Å². The molecule has 5 nitrogen and oxygen atoms in total. The van der Waals surface area contributed by atoms with Gasteiger partial charge in [0.2, 0.25) is 5.91 Å². The molecular weight excluding hydrogens is 338 g/mol. The summed E-state index contributed by atoms with van der Waals surface area (Å²) < 4.78 is 5.95. The molecule has 1 fully saturated rings. The van der Waals surface area contributed by atoms with E-state index in [4.69, 9.17) is 10.5 Å². The molecule has 2 N–H and O–H groups in total. The Hall–Kier alpha value is -1.59. The van der Waals surface area contributed by atoms with E-state index in [0.717, 1.165) is 38.1 Å². The summed E-state index contributed by atoms with van der Waals surface area (Å²) in [6.45, 7) is 4.77. The molecule has 2 aliphatic rings. The largest absolute Gasteiger partial charge is 0.492 e. The van der Waals surface area contributed by atoms with Crippen molar-refractivity contribution in [1.29, 1.82) is 0 Å². The Morgan fingerprint density at radius 2 is 1.89 bits per heavy atom. The van der Waals surface area contributed by atoms with Crippen LogP contribution in [0.4, 0.5) is 0 Å². The minimum Gasteiger partial charge on any atom is -0.492 e. The lowest BCUT2D eigenvalue weighted by atomic mass is 9.95. The zero-order valence-electron chi connectivity index (χ0n) is 16.6. The fourth-order valence-electron chi connectivity index (χ4n) is 4.34. The number of hydrogen-bond donors (Lipinski definition) is 1. The average molecular weight is 374 g/mol. The molecule has 1 atom stereocenters. The van der Waals surface area contributed by atoms with Gasteiger partial charge in [0.05, 0.1) is 6.54 Å². The van der Waals surface area contributed by atoms with Crippen LogP contribution in [-0.4, -0.2) is 61.1 Å². The van der Waals surface area contributed by atoms with Gasteiger partial charge in [0.25, 0.3) is 0 Å². The van der Waals surface area contributed by atoms with E-state index in [2.05, 4.69) is 23.1 Å². The minimum atomic E-state index is 0.148. The Kier molecular flexibility index (Phi) is 7.96. The fourth-order valence-corrected chi connectivity index (χ4v) is 4.34. The minimum absolute atomic E-state index is 0.148. The number of amides is 1. The second kappa shape index (κ2) is 10.7. The van der Waals surface area contributed by atoms with Gasteiger partial charge in [-0.15, -0.1) is 0 Å². The number of rotatable bonds is 2. The number of carbonyl (C=O) groups excluding carboxylic acids is 1. The van der Waals surface area contributed by atoms with E-state index in [0.29, 0.717) is 32.2 Å². The topological polar surface area (TPSA) is 58.8 Å². The van der Waals surface area contributed by atoms with Crippen molar-refractivity contribution >= 4 is 5.91 Å². The van der Waals surface area contributed by atoms with Gasteiger partial charge in [-0.05, 0) is 69.3 Å². The van der Waals surface area contributed by atoms with Crippen LogP contribution in [-0.2, 0) is 11.2 Å². The number of benzene rings is 1. The predicted octanol–water partition coefficient (Wildman–Crippen LogP) is 2.82. The van der Waals surface area contributed by atoms with Gasteiger partial charge >= 0.3 is 0 Å². The molecule has 1 unspecified atom stereocenters. The van der Waals surface area contributed by atoms with E-state index in [-0.39, 0.29) is 5.91 Å². The van der Waals surface area contributed by atoms with E-state index >= 15 is 0 Å². The maximum absolute atomic E-state index is 12.4. The summed E-state index contributed by atoms with van der Waals surface area (Å²) in [4.78, 5) is 17.0. The summed E-state index contributed by atoms with van der Waals surface area (Å²) in [5, 5.41) is 0. The number of fused-ring (bicyclic) bond motifs is 3. The molecule has 1 amide bonds. The lowest BCUT2D eigenvalue weighted by Crippen LogP contribution is -2.41. The van der Waals surface area contributed by atoms with Crippen molar-refractivity contribution in [2.45, 2.75) is 57.4 Å². The van der Waals surface area contributed by atoms with Crippen molar-refractivity contribution < 1.29 is 9.53 Å². The van der Waals surface area contributed by atoms with Crippen molar-refractivity contribution in [3.8, 4) is 5.75 Å². The molecule has 27 heavy (non-hydrogen) atoms. The molecule has 2 bridgehead atoms. The smallest absolute Gasteiger partial charge is 0.223 e. The number of carbonyl (C=O) groups is 1. The van der Waals surface area contributed by atoms with Gasteiger partial charge < -0.3 is 20.3 Å². The highest BCUT2D eigenvalue weighted by atomic mass is 16.5. The molecule has 2 heterocycles. The van der Waals surface area contributed by atoms with Crippen LogP contribution in [0.3, 0.4) is 0 Å². The molecule has 1 aromatic carbocycles. The van der Waals surface area contributed by atoms with E-state index < -0.39 is 0 Å². The van der Waals surface area contributed by atoms with E-state index in [1.54, 1.807) is 0 Å². The summed E-state index contributed by atoms with van der Waals surface area (Å²) in [7, 11) is 0. The van der Waals surface area contributed by atoms with Crippen LogP contribution in [0.5, 0.6) is 5.75 Å². The molecule has 5 heteroatoms. The van der Waals surface area contributed by atoms with Crippen LogP contribution in [0.1, 0.15) is 50.5 Å². The van der Waals surface area contributed by atoms with Crippen molar-refractivity contribution in [2.75, 3.05) is 39.3 Å². The maximum Gasteiger partial charge on any atom is 0.223 e. The van der Waals surface area contributed by atoms with Crippen LogP contribution in [0.2, 0.25) is 0 Å². The van der Waals surface area contributed by atoms with Crippen molar-refractivity contribution in [3.63, 3.8) is 0 Å². The van der Waals surface area contributed by atoms with Gasteiger partial charge in [-0.2, -0.15) is 0 Å². The SMILES string of the molecule is NCCC(=O)N1CCCCN2CCCCC2CCc2cccc(c2)OCC1. The maximum atomic E-state index is 12.4. The van der Waals surface area contributed by atoms with Crippen LogP contribution in [0.25, 0.3) is 0 Å². The molecule has 0 saturated carbocycles. The third-order valence-electron chi connectivity index (χ3n) is 5.88. The summed E-state index contributed by atoms with van der Waals surface area (Å²) in [6.07, 6.45) is 8.95. The van der Waals surface area contributed by atoms with Gasteiger partial charge in [0.1, 0.15) is 12.4 Å². The van der Waals surface area contributed by atoms with Crippen LogP contribution in [0.15, 0.2) is 24.3 Å².